The highest BCUT2D eigenvalue weighted by Gasteiger charge is 2.38. The molecule has 0 aliphatic carbocycles. The molecule has 2 fully saturated rings. The monoisotopic (exact) mass is 564 g/mol. The number of hydrogen-bond acceptors (Lipinski definition) is 8. The summed E-state index contributed by atoms with van der Waals surface area (Å²) in [6.45, 7) is 3.80. The van der Waals surface area contributed by atoms with Gasteiger partial charge in [0.15, 0.2) is 0 Å². The van der Waals surface area contributed by atoms with E-state index in [9.17, 15) is 31.5 Å². The number of nitrogens with zero attached hydrogens (tertiary/aromatic N) is 3. The number of rotatable bonds is 6. The number of nitrogens with one attached hydrogen (secondary N) is 1. The molecule has 37 heavy (non-hydrogen) atoms. The van der Waals surface area contributed by atoms with E-state index in [1.54, 1.807) is 11.4 Å². The second-order valence-corrected chi connectivity index (χ2v) is 11.4. The predicted octanol–water partition coefficient (Wildman–Crippen LogP) is 3.73. The van der Waals surface area contributed by atoms with E-state index in [-0.39, 0.29) is 15.5 Å². The third kappa shape index (κ3) is 7.79. The van der Waals surface area contributed by atoms with Crippen LogP contribution in [0.1, 0.15) is 42.5 Å². The van der Waals surface area contributed by atoms with Crippen molar-refractivity contribution in [2.45, 2.75) is 48.5 Å². The van der Waals surface area contributed by atoms with Crippen LogP contribution < -0.4 is 9.62 Å². The number of hydrogen-bond donors (Lipinski definition) is 3. The van der Waals surface area contributed by atoms with Crippen LogP contribution in [0, 0.1) is 0 Å². The molecule has 15 heteroatoms. The molecule has 204 valence electrons. The second kappa shape index (κ2) is 12.1. The first-order valence-corrected chi connectivity index (χ1v) is 13.8. The normalized spacial score (nSPS) is 17.5. The highest BCUT2D eigenvalue weighted by atomic mass is 32.2. The minimum Gasteiger partial charge on any atom is -0.478 e. The van der Waals surface area contributed by atoms with E-state index < -0.39 is 28.1 Å². The lowest BCUT2D eigenvalue weighted by molar-refractivity contribution is -0.192. The molecule has 0 radical (unpaired) electrons. The van der Waals surface area contributed by atoms with Gasteiger partial charge in [-0.05, 0) is 56.3 Å². The average molecular weight is 565 g/mol. The van der Waals surface area contributed by atoms with E-state index in [0.717, 1.165) is 50.4 Å². The number of sulfonamides is 1. The van der Waals surface area contributed by atoms with Crippen LogP contribution in [0.4, 0.5) is 24.7 Å². The number of thiophene rings is 1. The van der Waals surface area contributed by atoms with Gasteiger partial charge in [-0.3, -0.25) is 4.72 Å². The lowest BCUT2D eigenvalue weighted by Gasteiger charge is -2.40. The van der Waals surface area contributed by atoms with Gasteiger partial charge in [-0.25, -0.2) is 23.0 Å². The van der Waals surface area contributed by atoms with Crippen LogP contribution in [-0.2, 0) is 14.8 Å². The van der Waals surface area contributed by atoms with Gasteiger partial charge in [0, 0.05) is 19.1 Å². The highest BCUT2D eigenvalue weighted by molar-refractivity contribution is 7.94. The van der Waals surface area contributed by atoms with Crippen molar-refractivity contribution in [3.8, 4) is 0 Å². The van der Waals surface area contributed by atoms with Gasteiger partial charge >= 0.3 is 18.1 Å². The summed E-state index contributed by atoms with van der Waals surface area (Å²) in [7, 11) is -3.75. The Kier molecular flexibility index (Phi) is 9.36. The molecule has 4 rings (SSSR count). The zero-order valence-electron chi connectivity index (χ0n) is 19.6. The van der Waals surface area contributed by atoms with E-state index >= 15 is 0 Å². The SMILES string of the molecule is O=C(O)C(F)(F)F.O=C(O)c1cc(NS(=O)(=O)c2cccs2)cnc1N1CCC(N2CCCCC2)CC1. The molecule has 0 amide bonds. The molecule has 0 spiro atoms. The molecule has 3 N–H and O–H groups in total. The molecule has 10 nitrogen and oxygen atoms in total. The zero-order chi connectivity index (χ0) is 27.2. The van der Waals surface area contributed by atoms with Crippen LogP contribution in [-0.4, -0.2) is 78.9 Å². The van der Waals surface area contributed by atoms with Crippen molar-refractivity contribution in [2.24, 2.45) is 0 Å². The maximum Gasteiger partial charge on any atom is 0.490 e. The number of anilines is 2. The number of aliphatic carboxylic acids is 1. The minimum atomic E-state index is -5.08. The average Bonchev–Trinajstić information content (AvgIpc) is 3.41. The third-order valence-corrected chi connectivity index (χ3v) is 8.80. The predicted molar refractivity (Wildman–Crippen MR) is 131 cm³/mol. The van der Waals surface area contributed by atoms with Gasteiger partial charge < -0.3 is 20.0 Å². The second-order valence-electron chi connectivity index (χ2n) is 8.56. The van der Waals surface area contributed by atoms with E-state index in [2.05, 4.69) is 14.6 Å². The summed E-state index contributed by atoms with van der Waals surface area (Å²) in [4.78, 5) is 29.7. The van der Waals surface area contributed by atoms with Crippen LogP contribution in [0.5, 0.6) is 0 Å². The Bertz CT molecular complexity index is 1180. The molecule has 2 saturated heterocycles. The van der Waals surface area contributed by atoms with Crippen molar-refractivity contribution in [1.29, 1.82) is 0 Å². The number of halogens is 3. The highest BCUT2D eigenvalue weighted by Crippen LogP contribution is 2.28. The molecule has 0 bridgehead atoms. The number of aromatic nitrogens is 1. The third-order valence-electron chi connectivity index (χ3n) is 6.02. The Morgan fingerprint density at radius 2 is 1.70 bits per heavy atom. The van der Waals surface area contributed by atoms with E-state index in [4.69, 9.17) is 9.90 Å². The number of piperidine rings is 2. The van der Waals surface area contributed by atoms with Crippen molar-refractivity contribution in [3.63, 3.8) is 0 Å². The summed E-state index contributed by atoms with van der Waals surface area (Å²) >= 11 is 1.10. The molecule has 2 aliphatic heterocycles. The maximum atomic E-state index is 12.4. The summed E-state index contributed by atoms with van der Waals surface area (Å²) in [5.41, 5.74) is 0.158. The topological polar surface area (TPSA) is 140 Å². The number of aromatic carboxylic acids is 1. The van der Waals surface area contributed by atoms with Crippen LogP contribution in [0.25, 0.3) is 0 Å². The van der Waals surface area contributed by atoms with Crippen molar-refractivity contribution >= 4 is 44.8 Å². The van der Waals surface area contributed by atoms with Gasteiger partial charge in [0.1, 0.15) is 15.6 Å². The number of pyridine rings is 1. The number of carboxylic acids is 2. The summed E-state index contributed by atoms with van der Waals surface area (Å²) < 4.78 is 59.2. The fourth-order valence-electron chi connectivity index (χ4n) is 4.27. The summed E-state index contributed by atoms with van der Waals surface area (Å²) in [6, 6.07) is 5.05. The van der Waals surface area contributed by atoms with Crippen LogP contribution in [0.15, 0.2) is 34.0 Å². The minimum absolute atomic E-state index is 0.0119. The molecule has 0 unspecified atom stereocenters. The van der Waals surface area contributed by atoms with Gasteiger partial charge in [-0.15, -0.1) is 11.3 Å². The summed E-state index contributed by atoms with van der Waals surface area (Å²) in [5.74, 6) is -3.47. The number of carbonyl (C=O) groups is 2. The maximum absolute atomic E-state index is 12.4. The molecular formula is C22H27F3N4O6S2. The fourth-order valence-corrected chi connectivity index (χ4v) is 6.30. The number of likely N-dealkylation sites (tertiary alicyclic amines) is 1. The molecule has 0 saturated carbocycles. The lowest BCUT2D eigenvalue weighted by atomic mass is 9.99. The van der Waals surface area contributed by atoms with E-state index in [0.29, 0.717) is 11.9 Å². The first-order valence-electron chi connectivity index (χ1n) is 11.5. The fraction of sp³-hybridized carbons (Fsp3) is 0.500. The largest absolute Gasteiger partial charge is 0.490 e. The van der Waals surface area contributed by atoms with E-state index in [1.807, 2.05) is 4.90 Å². The van der Waals surface area contributed by atoms with Crippen molar-refractivity contribution in [2.75, 3.05) is 35.8 Å². The summed E-state index contributed by atoms with van der Waals surface area (Å²) in [6.07, 6.45) is 2.09. The van der Waals surface area contributed by atoms with Crippen molar-refractivity contribution < 1.29 is 41.4 Å². The van der Waals surface area contributed by atoms with Crippen LogP contribution in [0.3, 0.4) is 0 Å². The quantitative estimate of drug-likeness (QED) is 0.479. The Labute approximate surface area is 215 Å². The standard InChI is InChI=1S/C20H26N4O4S2.C2HF3O2/c25-20(26)17-13-15(22-30(27,28)18-5-4-12-29-18)14-21-19(17)24-10-6-16(7-11-24)23-8-2-1-3-9-23;3-2(4,5)1(6)7/h4-5,12-14,16,22H,1-3,6-11H2,(H,25,26);(H,6,7). The van der Waals surface area contributed by atoms with Gasteiger partial charge in [-0.1, -0.05) is 12.5 Å². The molecule has 4 heterocycles. The molecular weight excluding hydrogens is 537 g/mol. The molecule has 0 aromatic carbocycles. The Morgan fingerprint density at radius 3 is 2.22 bits per heavy atom. The van der Waals surface area contributed by atoms with Crippen molar-refractivity contribution in [1.82, 2.24) is 9.88 Å². The number of alkyl halides is 3. The Balaban J connectivity index is 0.000000479. The Morgan fingerprint density at radius 1 is 1.08 bits per heavy atom. The summed E-state index contributed by atoms with van der Waals surface area (Å²) in [5, 5.41) is 18.5. The molecule has 2 aromatic rings. The Hall–Kier alpha value is -2.91. The van der Waals surface area contributed by atoms with E-state index in [1.165, 1.54) is 37.6 Å². The van der Waals surface area contributed by atoms with Crippen LogP contribution >= 0.6 is 11.3 Å². The van der Waals surface area contributed by atoms with Gasteiger partial charge in [0.05, 0.1) is 11.9 Å². The molecule has 0 atom stereocenters. The molecule has 2 aliphatic rings. The van der Waals surface area contributed by atoms with Gasteiger partial charge in [-0.2, -0.15) is 13.2 Å². The lowest BCUT2D eigenvalue weighted by Crippen LogP contribution is -2.47. The van der Waals surface area contributed by atoms with Crippen LogP contribution in [0.2, 0.25) is 0 Å². The van der Waals surface area contributed by atoms with Gasteiger partial charge in [0.2, 0.25) is 0 Å². The van der Waals surface area contributed by atoms with Crippen molar-refractivity contribution in [3.05, 3.63) is 35.3 Å². The first kappa shape index (κ1) is 28.7. The van der Waals surface area contributed by atoms with Gasteiger partial charge in [0.25, 0.3) is 10.0 Å². The zero-order valence-corrected chi connectivity index (χ0v) is 21.3. The number of carboxylic acid groups (broad SMARTS) is 2. The first-order chi connectivity index (χ1) is 17.4. The smallest absolute Gasteiger partial charge is 0.478 e. The molecule has 2 aromatic heterocycles.